The van der Waals surface area contributed by atoms with Crippen molar-refractivity contribution in [3.63, 3.8) is 0 Å². The molecule has 0 bridgehead atoms. The Morgan fingerprint density at radius 2 is 1.18 bits per heavy atom. The van der Waals surface area contributed by atoms with Crippen LogP contribution in [0.4, 0.5) is 22.1 Å². The largest absolute Gasteiger partial charge is 0.673 e. The molecule has 0 aromatic heterocycles. The number of carbonyl (C=O) groups excluding carboxylic acids is 1. The number of rotatable bonds is 17. The van der Waals surface area contributed by atoms with E-state index in [1.165, 1.54) is 0 Å². The molecule has 2 unspecified atom stereocenters. The number of hydrogen-bond donors (Lipinski definition) is 1. The Hall–Kier alpha value is -0.418. The Morgan fingerprint density at radius 1 is 0.824 bits per heavy atom. The molecule has 13 heteroatoms. The third-order valence-corrected chi connectivity index (χ3v) is 14.2. The highest BCUT2D eigenvalue weighted by Crippen LogP contribution is 2.62. The first-order valence-corrected chi connectivity index (χ1v) is 16.7. The molecular formula is C21H47BF4NO5PSi. The van der Waals surface area contributed by atoms with Gasteiger partial charge >= 0.3 is 22.2 Å². The van der Waals surface area contributed by atoms with Crippen LogP contribution in [0.3, 0.4) is 0 Å². The standard InChI is InChI=1S/C21H46NO5PSi.BF4/c1-9-16-24-29(25-17-10-2,26-18-11-3)20(12-4)22-21(23)27-19(8)28(13-5,14-6)15-7;2-1(3,4)5/h19-20H,9-18H2,1-8H3;/q;-1/p+1. The predicted octanol–water partition coefficient (Wildman–Crippen LogP) is 6.97. The van der Waals surface area contributed by atoms with Crippen molar-refractivity contribution in [2.75, 3.05) is 38.3 Å². The van der Waals surface area contributed by atoms with Gasteiger partial charge in [0.15, 0.2) is 0 Å². The van der Waals surface area contributed by atoms with Crippen LogP contribution < -0.4 is 5.32 Å². The molecule has 0 aliphatic carbocycles. The van der Waals surface area contributed by atoms with Gasteiger partial charge in [-0.05, 0) is 46.5 Å². The first kappa shape index (κ1) is 35.7. The Labute approximate surface area is 206 Å². The summed E-state index contributed by atoms with van der Waals surface area (Å²) in [5, 5.41) is 3.05. The number of carbonyl (C=O) groups is 1. The topological polar surface area (TPSA) is 66.0 Å². The minimum absolute atomic E-state index is 0.0549. The lowest BCUT2D eigenvalue weighted by molar-refractivity contribution is 0.0443. The summed E-state index contributed by atoms with van der Waals surface area (Å²) in [5.74, 6) is -0.0549. The zero-order valence-electron chi connectivity index (χ0n) is 22.3. The Kier molecular flexibility index (Phi) is 19.8. The van der Waals surface area contributed by atoms with E-state index in [-0.39, 0.29) is 17.6 Å². The number of alkyl carbamates (subject to hydrolysis) is 1. The summed E-state index contributed by atoms with van der Waals surface area (Å²) >= 11 is 0. The fourth-order valence-corrected chi connectivity index (χ4v) is 9.80. The SMILES string of the molecule is CCCO[Si](OCCC)(OCCC)C(CC)NC(=O)OC(C)[P+](CC)(CC)CC.F[B-](F)(F)F. The molecule has 2 atom stereocenters. The summed E-state index contributed by atoms with van der Waals surface area (Å²) in [7, 11) is -10.4. The molecule has 0 saturated carbocycles. The average Bonchev–Trinajstić information content (AvgIpc) is 2.78. The predicted molar refractivity (Wildman–Crippen MR) is 136 cm³/mol. The second kappa shape index (κ2) is 18.8. The fraction of sp³-hybridized carbons (Fsp3) is 0.952. The van der Waals surface area contributed by atoms with E-state index in [1.54, 1.807) is 0 Å². The van der Waals surface area contributed by atoms with E-state index in [9.17, 15) is 22.1 Å². The minimum atomic E-state index is -6.00. The van der Waals surface area contributed by atoms with Gasteiger partial charge in [0, 0.05) is 26.7 Å². The van der Waals surface area contributed by atoms with Crippen LogP contribution in [-0.2, 0) is 18.0 Å². The van der Waals surface area contributed by atoms with Crippen LogP contribution in [0.5, 0.6) is 0 Å². The zero-order valence-corrected chi connectivity index (χ0v) is 24.2. The molecule has 6 nitrogen and oxygen atoms in total. The van der Waals surface area contributed by atoms with E-state index in [2.05, 4.69) is 46.9 Å². The lowest BCUT2D eigenvalue weighted by Crippen LogP contribution is -2.63. The molecule has 0 saturated heterocycles. The number of nitrogens with one attached hydrogen (secondary N) is 1. The Morgan fingerprint density at radius 3 is 1.44 bits per heavy atom. The van der Waals surface area contributed by atoms with Gasteiger partial charge in [0.2, 0.25) is 5.85 Å². The van der Waals surface area contributed by atoms with E-state index < -0.39 is 23.3 Å². The monoisotopic (exact) mass is 539 g/mol. The quantitative estimate of drug-likeness (QED) is 0.123. The lowest BCUT2D eigenvalue weighted by Gasteiger charge is -2.36. The van der Waals surface area contributed by atoms with E-state index in [1.807, 2.05) is 13.8 Å². The number of halogens is 4. The molecule has 0 aromatic carbocycles. The van der Waals surface area contributed by atoms with Gasteiger partial charge in [-0.1, -0.05) is 27.7 Å². The smallest absolute Gasteiger partial charge is 0.418 e. The molecule has 0 aliphatic rings. The molecule has 0 heterocycles. The van der Waals surface area contributed by atoms with Gasteiger partial charge < -0.3 is 40.6 Å². The van der Waals surface area contributed by atoms with Crippen molar-refractivity contribution in [2.24, 2.45) is 0 Å². The van der Waals surface area contributed by atoms with E-state index in [4.69, 9.17) is 18.0 Å². The second-order valence-electron chi connectivity index (χ2n) is 7.92. The van der Waals surface area contributed by atoms with Crippen molar-refractivity contribution in [3.05, 3.63) is 0 Å². The third kappa shape index (κ3) is 14.2. The summed E-state index contributed by atoms with van der Waals surface area (Å²) < 4.78 is 63.5. The highest BCUT2D eigenvalue weighted by molar-refractivity contribution is 7.76. The van der Waals surface area contributed by atoms with Crippen LogP contribution in [0.2, 0.25) is 0 Å². The fourth-order valence-electron chi connectivity index (χ4n) is 3.49. The van der Waals surface area contributed by atoms with Crippen LogP contribution in [0, 0.1) is 0 Å². The molecule has 0 fully saturated rings. The maximum atomic E-state index is 12.8. The van der Waals surface area contributed by atoms with Crippen LogP contribution in [0.25, 0.3) is 0 Å². The van der Waals surface area contributed by atoms with Gasteiger partial charge in [0.1, 0.15) is 5.67 Å². The second-order valence-corrected chi connectivity index (χ2v) is 15.8. The van der Waals surface area contributed by atoms with Crippen molar-refractivity contribution in [2.45, 2.75) is 92.6 Å². The zero-order chi connectivity index (χ0) is 26.8. The number of amides is 1. The van der Waals surface area contributed by atoms with Crippen LogP contribution >= 0.6 is 7.26 Å². The van der Waals surface area contributed by atoms with Crippen molar-refractivity contribution in [1.29, 1.82) is 0 Å². The van der Waals surface area contributed by atoms with Gasteiger partial charge in [-0.2, -0.15) is 0 Å². The number of hydrogen-bond acceptors (Lipinski definition) is 5. The first-order valence-electron chi connectivity index (χ1n) is 12.5. The van der Waals surface area contributed by atoms with Gasteiger partial charge in [-0.15, -0.1) is 0 Å². The van der Waals surface area contributed by atoms with Crippen molar-refractivity contribution < 1.29 is 40.1 Å². The molecular weight excluding hydrogens is 492 g/mol. The highest BCUT2D eigenvalue weighted by atomic mass is 31.2. The lowest BCUT2D eigenvalue weighted by atomic mass is 10.3. The summed E-state index contributed by atoms with van der Waals surface area (Å²) in [6, 6.07) is 0. The maximum Gasteiger partial charge on any atom is 0.673 e. The molecule has 0 spiro atoms. The molecule has 206 valence electrons. The normalized spacial score (nSPS) is 14.1. The molecule has 1 N–H and O–H groups in total. The molecule has 0 aromatic rings. The number of ether oxygens (including phenoxy) is 1. The van der Waals surface area contributed by atoms with Crippen LogP contribution in [-0.4, -0.2) is 72.0 Å². The highest BCUT2D eigenvalue weighted by Gasteiger charge is 2.50. The summed E-state index contributed by atoms with van der Waals surface area (Å²) in [5.41, 5.74) is -0.315. The van der Waals surface area contributed by atoms with Crippen molar-refractivity contribution in [3.8, 4) is 0 Å². The summed E-state index contributed by atoms with van der Waals surface area (Å²) in [6.07, 6.45) is 6.15. The van der Waals surface area contributed by atoms with E-state index in [0.717, 1.165) is 37.7 Å². The van der Waals surface area contributed by atoms with Gasteiger partial charge in [0.05, 0.1) is 25.7 Å². The summed E-state index contributed by atoms with van der Waals surface area (Å²) in [6.45, 7) is 18.6. The first-order chi connectivity index (χ1) is 15.8. The van der Waals surface area contributed by atoms with Gasteiger partial charge in [-0.25, -0.2) is 4.79 Å². The van der Waals surface area contributed by atoms with E-state index in [0.29, 0.717) is 26.2 Å². The summed E-state index contributed by atoms with van der Waals surface area (Å²) in [4.78, 5) is 12.8. The average molecular weight is 539 g/mol. The van der Waals surface area contributed by atoms with E-state index >= 15 is 0 Å². The Balaban J connectivity index is 0. The molecule has 0 rings (SSSR count). The van der Waals surface area contributed by atoms with Gasteiger partial charge in [-0.3, -0.25) is 0 Å². The van der Waals surface area contributed by atoms with Gasteiger partial charge in [0.25, 0.3) is 0 Å². The van der Waals surface area contributed by atoms with Crippen molar-refractivity contribution >= 4 is 29.4 Å². The van der Waals surface area contributed by atoms with Crippen LogP contribution in [0.15, 0.2) is 0 Å². The molecule has 34 heavy (non-hydrogen) atoms. The minimum Gasteiger partial charge on any atom is -0.418 e. The maximum absolute atomic E-state index is 12.8. The third-order valence-electron chi connectivity index (χ3n) is 5.59. The Bertz CT molecular complexity index is 498. The van der Waals surface area contributed by atoms with Crippen LogP contribution in [0.1, 0.15) is 81.1 Å². The molecule has 0 aliphatic heterocycles. The van der Waals surface area contributed by atoms with Crippen molar-refractivity contribution in [1.82, 2.24) is 5.32 Å². The molecule has 0 radical (unpaired) electrons. The molecule has 1 amide bonds.